The molecule has 2 heterocycles. The summed E-state index contributed by atoms with van der Waals surface area (Å²) >= 11 is 0. The number of nitrogens with zero attached hydrogens (tertiary/aromatic N) is 3. The molecule has 1 aromatic heterocycles. The number of hydrogen-bond acceptors (Lipinski definition) is 6. The maximum atomic E-state index is 10.7. The van der Waals surface area contributed by atoms with Crippen LogP contribution < -0.4 is 5.32 Å². The zero-order chi connectivity index (χ0) is 13.2. The molecule has 0 unspecified atom stereocenters. The third-order valence-corrected chi connectivity index (χ3v) is 3.11. The van der Waals surface area contributed by atoms with E-state index in [4.69, 9.17) is 4.52 Å². The third kappa shape index (κ3) is 2.45. The van der Waals surface area contributed by atoms with Gasteiger partial charge in [0.25, 0.3) is 5.69 Å². The van der Waals surface area contributed by atoms with Gasteiger partial charge < -0.3 is 9.84 Å². The molecule has 0 atom stereocenters. The average Bonchev–Trinajstić information content (AvgIpc) is 2.83. The van der Waals surface area contributed by atoms with Crippen LogP contribution in [-0.2, 0) is 6.42 Å². The number of non-ortho nitro benzene ring substituents is 1. The van der Waals surface area contributed by atoms with Gasteiger partial charge in [-0.2, -0.15) is 4.98 Å². The monoisotopic (exact) mass is 260 g/mol. The topological polar surface area (TPSA) is 94.1 Å². The normalized spacial score (nSPS) is 15.2. The molecule has 0 saturated carbocycles. The molecule has 1 aromatic carbocycles. The standard InChI is InChI=1S/C12H12N4O3/c17-16(18)10-3-1-2-9(5-10)12-14-11(19-15-12)4-8-6-13-7-8/h1-3,5,8,13H,4,6-7H2. The lowest BCUT2D eigenvalue weighted by molar-refractivity contribution is -0.384. The van der Waals surface area contributed by atoms with Gasteiger partial charge in [-0.1, -0.05) is 17.3 Å². The molecule has 1 aliphatic rings. The van der Waals surface area contributed by atoms with E-state index in [2.05, 4.69) is 15.5 Å². The minimum absolute atomic E-state index is 0.0204. The second-order valence-corrected chi connectivity index (χ2v) is 4.55. The van der Waals surface area contributed by atoms with Crippen LogP contribution in [0, 0.1) is 16.0 Å². The Morgan fingerprint density at radius 3 is 3.00 bits per heavy atom. The smallest absolute Gasteiger partial charge is 0.270 e. The number of nitro benzene ring substituents is 1. The molecule has 0 spiro atoms. The number of benzene rings is 1. The summed E-state index contributed by atoms with van der Waals surface area (Å²) in [5, 5.41) is 17.8. The summed E-state index contributed by atoms with van der Waals surface area (Å²) in [5.41, 5.74) is 0.614. The molecule has 1 aliphatic heterocycles. The van der Waals surface area contributed by atoms with E-state index in [0.717, 1.165) is 19.5 Å². The molecule has 3 rings (SSSR count). The molecular weight excluding hydrogens is 248 g/mol. The van der Waals surface area contributed by atoms with Gasteiger partial charge in [0.2, 0.25) is 11.7 Å². The molecule has 1 saturated heterocycles. The molecule has 0 bridgehead atoms. The van der Waals surface area contributed by atoms with Crippen LogP contribution in [0.5, 0.6) is 0 Å². The van der Waals surface area contributed by atoms with E-state index in [1.807, 2.05) is 0 Å². The van der Waals surface area contributed by atoms with Crippen LogP contribution in [0.2, 0.25) is 0 Å². The number of rotatable bonds is 4. The third-order valence-electron chi connectivity index (χ3n) is 3.11. The molecular formula is C12H12N4O3. The summed E-state index contributed by atoms with van der Waals surface area (Å²) in [6, 6.07) is 6.22. The number of hydrogen-bond donors (Lipinski definition) is 1. The fourth-order valence-electron chi connectivity index (χ4n) is 1.95. The van der Waals surface area contributed by atoms with Crippen molar-refractivity contribution in [1.29, 1.82) is 0 Å². The Labute approximate surface area is 108 Å². The molecule has 7 nitrogen and oxygen atoms in total. The van der Waals surface area contributed by atoms with Gasteiger partial charge in [0.05, 0.1) is 4.92 Å². The van der Waals surface area contributed by atoms with Gasteiger partial charge in [-0.15, -0.1) is 0 Å². The molecule has 2 aromatic rings. The average molecular weight is 260 g/mol. The number of nitro groups is 1. The van der Waals surface area contributed by atoms with E-state index in [-0.39, 0.29) is 5.69 Å². The van der Waals surface area contributed by atoms with Gasteiger partial charge in [-0.3, -0.25) is 10.1 Å². The predicted molar refractivity (Wildman–Crippen MR) is 66.5 cm³/mol. The highest BCUT2D eigenvalue weighted by Crippen LogP contribution is 2.22. The van der Waals surface area contributed by atoms with E-state index in [1.54, 1.807) is 12.1 Å². The largest absolute Gasteiger partial charge is 0.339 e. The zero-order valence-electron chi connectivity index (χ0n) is 10.1. The van der Waals surface area contributed by atoms with Crippen molar-refractivity contribution in [3.05, 3.63) is 40.3 Å². The molecule has 98 valence electrons. The van der Waals surface area contributed by atoms with Crippen LogP contribution in [-0.4, -0.2) is 28.2 Å². The first-order chi connectivity index (χ1) is 9.22. The van der Waals surface area contributed by atoms with Crippen molar-refractivity contribution in [3.63, 3.8) is 0 Å². The van der Waals surface area contributed by atoms with Crippen LogP contribution in [0.15, 0.2) is 28.8 Å². The van der Waals surface area contributed by atoms with Crippen LogP contribution in [0.4, 0.5) is 5.69 Å². The zero-order valence-corrected chi connectivity index (χ0v) is 10.1. The quantitative estimate of drug-likeness (QED) is 0.659. The fraction of sp³-hybridized carbons (Fsp3) is 0.333. The molecule has 1 N–H and O–H groups in total. The Bertz CT molecular complexity index is 607. The van der Waals surface area contributed by atoms with Gasteiger partial charge in [0.15, 0.2) is 0 Å². The van der Waals surface area contributed by atoms with Crippen molar-refractivity contribution in [1.82, 2.24) is 15.5 Å². The molecule has 19 heavy (non-hydrogen) atoms. The lowest BCUT2D eigenvalue weighted by Crippen LogP contribution is -2.43. The SMILES string of the molecule is O=[N+]([O-])c1cccc(-c2noc(CC3CNC3)n2)c1. The van der Waals surface area contributed by atoms with Crippen LogP contribution in [0.3, 0.4) is 0 Å². The summed E-state index contributed by atoms with van der Waals surface area (Å²) < 4.78 is 5.17. The summed E-state index contributed by atoms with van der Waals surface area (Å²) in [5.74, 6) is 1.51. The fourth-order valence-corrected chi connectivity index (χ4v) is 1.95. The first-order valence-electron chi connectivity index (χ1n) is 6.00. The van der Waals surface area contributed by atoms with Crippen LogP contribution in [0.1, 0.15) is 5.89 Å². The lowest BCUT2D eigenvalue weighted by atomic mass is 10.00. The number of aromatic nitrogens is 2. The Morgan fingerprint density at radius 1 is 1.47 bits per heavy atom. The first-order valence-corrected chi connectivity index (χ1v) is 6.00. The summed E-state index contributed by atoms with van der Waals surface area (Å²) in [6.45, 7) is 1.93. The highest BCUT2D eigenvalue weighted by Gasteiger charge is 2.21. The Balaban J connectivity index is 1.81. The Kier molecular flexibility index (Phi) is 2.96. The lowest BCUT2D eigenvalue weighted by Gasteiger charge is -2.25. The summed E-state index contributed by atoms with van der Waals surface area (Å²) in [7, 11) is 0. The molecule has 0 aliphatic carbocycles. The minimum Gasteiger partial charge on any atom is -0.339 e. The van der Waals surface area contributed by atoms with Crippen molar-refractivity contribution in [2.45, 2.75) is 6.42 Å². The minimum atomic E-state index is -0.440. The second kappa shape index (κ2) is 4.77. The highest BCUT2D eigenvalue weighted by atomic mass is 16.6. The maximum absolute atomic E-state index is 10.7. The predicted octanol–water partition coefficient (Wildman–Crippen LogP) is 1.41. The molecule has 1 fully saturated rings. The second-order valence-electron chi connectivity index (χ2n) is 4.55. The molecule has 0 radical (unpaired) electrons. The van der Waals surface area contributed by atoms with E-state index in [9.17, 15) is 10.1 Å². The van der Waals surface area contributed by atoms with Gasteiger partial charge in [0.1, 0.15) is 0 Å². The Morgan fingerprint density at radius 2 is 2.32 bits per heavy atom. The van der Waals surface area contributed by atoms with Gasteiger partial charge in [-0.25, -0.2) is 0 Å². The van der Waals surface area contributed by atoms with E-state index < -0.39 is 4.92 Å². The van der Waals surface area contributed by atoms with Crippen molar-refractivity contribution in [2.75, 3.05) is 13.1 Å². The Hall–Kier alpha value is -2.28. The van der Waals surface area contributed by atoms with E-state index in [0.29, 0.717) is 23.2 Å². The van der Waals surface area contributed by atoms with Gasteiger partial charge in [-0.05, 0) is 19.0 Å². The van der Waals surface area contributed by atoms with Crippen LogP contribution in [0.25, 0.3) is 11.4 Å². The number of nitrogens with one attached hydrogen (secondary N) is 1. The van der Waals surface area contributed by atoms with Crippen molar-refractivity contribution in [3.8, 4) is 11.4 Å². The van der Waals surface area contributed by atoms with E-state index in [1.165, 1.54) is 12.1 Å². The first kappa shape index (κ1) is 11.8. The molecule has 7 heteroatoms. The van der Waals surface area contributed by atoms with Gasteiger partial charge in [0, 0.05) is 24.1 Å². The van der Waals surface area contributed by atoms with Crippen molar-refractivity contribution >= 4 is 5.69 Å². The van der Waals surface area contributed by atoms with E-state index >= 15 is 0 Å². The summed E-state index contributed by atoms with van der Waals surface area (Å²) in [4.78, 5) is 14.6. The van der Waals surface area contributed by atoms with Crippen molar-refractivity contribution < 1.29 is 9.45 Å². The van der Waals surface area contributed by atoms with Crippen molar-refractivity contribution in [2.24, 2.45) is 5.92 Å². The summed E-state index contributed by atoms with van der Waals surface area (Å²) in [6.07, 6.45) is 0.745. The van der Waals surface area contributed by atoms with Crippen LogP contribution >= 0.6 is 0 Å². The van der Waals surface area contributed by atoms with Gasteiger partial charge >= 0.3 is 0 Å². The molecule has 0 amide bonds. The maximum Gasteiger partial charge on any atom is 0.270 e. The highest BCUT2D eigenvalue weighted by molar-refractivity contribution is 5.58.